The quantitative estimate of drug-likeness (QED) is 0.487. The molecular weight excluding hydrogens is 450 g/mol. The minimum Gasteiger partial charge on any atom is -0.352 e. The predicted molar refractivity (Wildman–Crippen MR) is 134 cm³/mol. The molecule has 0 fully saturated rings. The largest absolute Gasteiger partial charge is 0.352 e. The van der Waals surface area contributed by atoms with Crippen LogP contribution in [0.4, 0.5) is 11.4 Å². The van der Waals surface area contributed by atoms with Crippen molar-refractivity contribution in [2.45, 2.75) is 20.3 Å². The Bertz CT molecular complexity index is 1300. The number of nitrogens with one attached hydrogen (secondary N) is 2. The summed E-state index contributed by atoms with van der Waals surface area (Å²) in [5.41, 5.74) is 4.49. The van der Waals surface area contributed by atoms with Gasteiger partial charge in [-0.25, -0.2) is 4.90 Å². The number of imide groups is 1. The lowest BCUT2D eigenvalue weighted by atomic mass is 10.1. The van der Waals surface area contributed by atoms with Crippen molar-refractivity contribution in [2.75, 3.05) is 16.8 Å². The van der Waals surface area contributed by atoms with Gasteiger partial charge in [-0.3, -0.25) is 14.4 Å². The highest BCUT2D eigenvalue weighted by molar-refractivity contribution is 6.53. The van der Waals surface area contributed by atoms with E-state index in [0.29, 0.717) is 23.5 Å². The van der Waals surface area contributed by atoms with Crippen LogP contribution in [-0.2, 0) is 16.0 Å². The van der Waals surface area contributed by atoms with E-state index in [1.54, 1.807) is 36.4 Å². The van der Waals surface area contributed by atoms with Gasteiger partial charge in [-0.15, -0.1) is 0 Å². The maximum atomic E-state index is 13.0. The lowest BCUT2D eigenvalue weighted by molar-refractivity contribution is -0.120. The van der Waals surface area contributed by atoms with Crippen molar-refractivity contribution in [3.8, 4) is 0 Å². The molecule has 1 aliphatic heterocycles. The molecule has 7 heteroatoms. The summed E-state index contributed by atoms with van der Waals surface area (Å²) in [6, 6.07) is 21.9. The van der Waals surface area contributed by atoms with Crippen LogP contribution in [0.1, 0.15) is 27.0 Å². The third-order valence-electron chi connectivity index (χ3n) is 5.71. The minimum absolute atomic E-state index is 0.0217. The molecule has 0 saturated heterocycles. The molecule has 2 N–H and O–H groups in total. The number of halogens is 1. The Balaban J connectivity index is 1.45. The molecule has 0 unspecified atom stereocenters. The van der Waals surface area contributed by atoms with Gasteiger partial charge in [-0.05, 0) is 67.3 Å². The molecule has 3 aromatic carbocycles. The van der Waals surface area contributed by atoms with Crippen molar-refractivity contribution in [1.82, 2.24) is 5.32 Å². The van der Waals surface area contributed by atoms with Gasteiger partial charge in [-0.1, -0.05) is 54.1 Å². The van der Waals surface area contributed by atoms with E-state index in [9.17, 15) is 14.4 Å². The van der Waals surface area contributed by atoms with Gasteiger partial charge < -0.3 is 10.6 Å². The summed E-state index contributed by atoms with van der Waals surface area (Å²) in [6.07, 6.45) is 0.720. The van der Waals surface area contributed by atoms with Crippen LogP contribution in [-0.4, -0.2) is 24.3 Å². The summed E-state index contributed by atoms with van der Waals surface area (Å²) >= 11 is 6.24. The topological polar surface area (TPSA) is 78.5 Å². The summed E-state index contributed by atoms with van der Waals surface area (Å²) in [6.45, 7) is 4.36. The van der Waals surface area contributed by atoms with Gasteiger partial charge in [-0.2, -0.15) is 0 Å². The zero-order chi connectivity index (χ0) is 24.2. The molecule has 0 spiro atoms. The normalized spacial score (nSPS) is 13.4. The molecule has 0 aliphatic carbocycles. The molecule has 4 rings (SSSR count). The molecule has 3 aromatic rings. The van der Waals surface area contributed by atoms with E-state index in [4.69, 9.17) is 11.6 Å². The minimum atomic E-state index is -0.591. The highest BCUT2D eigenvalue weighted by Gasteiger charge is 2.39. The number of nitrogens with zero attached hydrogens (tertiary/aromatic N) is 1. The van der Waals surface area contributed by atoms with Crippen LogP contribution in [0.15, 0.2) is 83.5 Å². The van der Waals surface area contributed by atoms with Gasteiger partial charge in [0, 0.05) is 17.8 Å². The lowest BCUT2D eigenvalue weighted by Gasteiger charge is -2.16. The SMILES string of the molecule is Cc1ccc(N2C(=O)C(Cl)=C(Nc3cccc(C(=O)NCCc4ccccc4)c3)C2=O)cc1C. The third-order valence-corrected chi connectivity index (χ3v) is 6.06. The zero-order valence-electron chi connectivity index (χ0n) is 18.9. The van der Waals surface area contributed by atoms with Crippen molar-refractivity contribution < 1.29 is 14.4 Å². The second kappa shape index (κ2) is 9.93. The number of benzene rings is 3. The van der Waals surface area contributed by atoms with Crippen molar-refractivity contribution in [3.05, 3.63) is 106 Å². The molecule has 0 atom stereocenters. The summed E-state index contributed by atoms with van der Waals surface area (Å²) < 4.78 is 0. The number of amides is 3. The van der Waals surface area contributed by atoms with Gasteiger partial charge in [0.15, 0.2) is 0 Å². The number of carbonyl (C=O) groups is 3. The Labute approximate surface area is 203 Å². The average Bonchev–Trinajstić information content (AvgIpc) is 3.05. The van der Waals surface area contributed by atoms with Crippen LogP contribution in [0, 0.1) is 13.8 Å². The van der Waals surface area contributed by atoms with Gasteiger partial charge in [0.2, 0.25) is 0 Å². The molecule has 6 nitrogen and oxygen atoms in total. The molecule has 0 saturated carbocycles. The molecule has 0 bridgehead atoms. The number of aryl methyl sites for hydroxylation is 2. The summed E-state index contributed by atoms with van der Waals surface area (Å²) in [4.78, 5) is 39.4. The van der Waals surface area contributed by atoms with Gasteiger partial charge >= 0.3 is 0 Å². The van der Waals surface area contributed by atoms with Crippen LogP contribution in [0.25, 0.3) is 0 Å². The second-order valence-electron chi connectivity index (χ2n) is 8.10. The summed E-state index contributed by atoms with van der Waals surface area (Å²) in [5.74, 6) is -1.37. The first-order chi connectivity index (χ1) is 16.3. The van der Waals surface area contributed by atoms with Crippen molar-refractivity contribution in [2.24, 2.45) is 0 Å². The number of hydrogen-bond donors (Lipinski definition) is 2. The fourth-order valence-corrected chi connectivity index (χ4v) is 3.87. The highest BCUT2D eigenvalue weighted by Crippen LogP contribution is 2.31. The smallest absolute Gasteiger partial charge is 0.283 e. The average molecular weight is 474 g/mol. The molecule has 0 radical (unpaired) electrons. The Morgan fingerprint density at radius 2 is 1.65 bits per heavy atom. The monoisotopic (exact) mass is 473 g/mol. The molecule has 172 valence electrons. The number of carbonyl (C=O) groups excluding carboxylic acids is 3. The van der Waals surface area contributed by atoms with Gasteiger partial charge in [0.1, 0.15) is 10.7 Å². The van der Waals surface area contributed by atoms with E-state index >= 15 is 0 Å². The molecule has 0 aromatic heterocycles. The van der Waals surface area contributed by atoms with E-state index in [1.165, 1.54) is 0 Å². The van der Waals surface area contributed by atoms with E-state index in [0.717, 1.165) is 28.0 Å². The first-order valence-electron chi connectivity index (χ1n) is 10.9. The summed E-state index contributed by atoms with van der Waals surface area (Å²) in [5, 5.41) is 5.63. The van der Waals surface area contributed by atoms with E-state index in [1.807, 2.05) is 50.2 Å². The van der Waals surface area contributed by atoms with Crippen LogP contribution in [0.3, 0.4) is 0 Å². The molecule has 3 amide bonds. The Hall–Kier alpha value is -3.90. The van der Waals surface area contributed by atoms with Gasteiger partial charge in [0.25, 0.3) is 17.7 Å². The molecular formula is C27H24ClN3O3. The molecule has 34 heavy (non-hydrogen) atoms. The third kappa shape index (κ3) is 4.87. The summed E-state index contributed by atoms with van der Waals surface area (Å²) in [7, 11) is 0. The first-order valence-corrected chi connectivity index (χ1v) is 11.3. The zero-order valence-corrected chi connectivity index (χ0v) is 19.6. The van der Waals surface area contributed by atoms with Crippen molar-refractivity contribution in [3.63, 3.8) is 0 Å². The number of anilines is 2. The van der Waals surface area contributed by atoms with Crippen LogP contribution >= 0.6 is 11.6 Å². The van der Waals surface area contributed by atoms with Crippen molar-refractivity contribution in [1.29, 1.82) is 0 Å². The number of rotatable bonds is 7. The standard InChI is InChI=1S/C27H24ClN3O3/c1-17-11-12-22(15-18(17)2)31-26(33)23(28)24(27(31)34)30-21-10-6-9-20(16-21)25(32)29-14-13-19-7-4-3-5-8-19/h3-12,15-16,30H,13-14H2,1-2H3,(H,29,32). The predicted octanol–water partition coefficient (Wildman–Crippen LogP) is 4.71. The van der Waals surface area contributed by atoms with E-state index in [2.05, 4.69) is 10.6 Å². The fraction of sp³-hybridized carbons (Fsp3) is 0.148. The molecule has 1 heterocycles. The van der Waals surface area contributed by atoms with Crippen molar-refractivity contribution >= 4 is 40.7 Å². The van der Waals surface area contributed by atoms with Gasteiger partial charge in [0.05, 0.1) is 5.69 Å². The Kier molecular flexibility index (Phi) is 6.80. The lowest BCUT2D eigenvalue weighted by Crippen LogP contribution is -2.32. The maximum absolute atomic E-state index is 13.0. The first kappa shape index (κ1) is 23.3. The van der Waals surface area contributed by atoms with Crippen LogP contribution in [0.2, 0.25) is 0 Å². The number of hydrogen-bond acceptors (Lipinski definition) is 4. The Morgan fingerprint density at radius 1 is 0.882 bits per heavy atom. The van der Waals surface area contributed by atoms with Crippen LogP contribution in [0.5, 0.6) is 0 Å². The Morgan fingerprint density at radius 3 is 2.38 bits per heavy atom. The van der Waals surface area contributed by atoms with Crippen LogP contribution < -0.4 is 15.5 Å². The maximum Gasteiger partial charge on any atom is 0.283 e. The fourth-order valence-electron chi connectivity index (χ4n) is 3.66. The van der Waals surface area contributed by atoms with E-state index in [-0.39, 0.29) is 16.6 Å². The molecule has 1 aliphatic rings. The van der Waals surface area contributed by atoms with E-state index < -0.39 is 11.8 Å². The highest BCUT2D eigenvalue weighted by atomic mass is 35.5. The second-order valence-corrected chi connectivity index (χ2v) is 8.48.